The van der Waals surface area contributed by atoms with Gasteiger partial charge in [-0.05, 0) is 38.1 Å². The molecule has 5 nitrogen and oxygen atoms in total. The van der Waals surface area contributed by atoms with Gasteiger partial charge in [0.1, 0.15) is 17.9 Å². The lowest BCUT2D eigenvalue weighted by atomic mass is 9.98. The fourth-order valence-electron chi connectivity index (χ4n) is 2.61. The average Bonchev–Trinajstić information content (AvgIpc) is 3.05. The molecule has 1 aliphatic heterocycles. The van der Waals surface area contributed by atoms with E-state index >= 15 is 0 Å². The SMILES string of the molecule is O=C(NCc1c(F)cccc1F)c1coc(C2CCNCC2)n1. The fraction of sp³-hybridized carbons (Fsp3) is 0.375. The predicted octanol–water partition coefficient (Wildman–Crippen LogP) is 2.35. The Morgan fingerprint density at radius 2 is 2.00 bits per heavy atom. The summed E-state index contributed by atoms with van der Waals surface area (Å²) in [4.78, 5) is 16.2. The van der Waals surface area contributed by atoms with E-state index in [1.165, 1.54) is 12.3 Å². The van der Waals surface area contributed by atoms with E-state index in [0.717, 1.165) is 38.1 Å². The van der Waals surface area contributed by atoms with E-state index in [2.05, 4.69) is 15.6 Å². The monoisotopic (exact) mass is 321 g/mol. The minimum Gasteiger partial charge on any atom is -0.448 e. The maximum atomic E-state index is 13.5. The Hall–Kier alpha value is -2.28. The van der Waals surface area contributed by atoms with Crippen molar-refractivity contribution >= 4 is 5.91 Å². The number of benzene rings is 1. The van der Waals surface area contributed by atoms with Gasteiger partial charge in [-0.3, -0.25) is 4.79 Å². The van der Waals surface area contributed by atoms with Gasteiger partial charge in [-0.2, -0.15) is 0 Å². The largest absolute Gasteiger partial charge is 0.448 e. The zero-order chi connectivity index (χ0) is 16.2. The van der Waals surface area contributed by atoms with Crippen molar-refractivity contribution in [2.45, 2.75) is 25.3 Å². The summed E-state index contributed by atoms with van der Waals surface area (Å²) in [5.74, 6) is -1.17. The van der Waals surface area contributed by atoms with Crippen LogP contribution in [0.25, 0.3) is 0 Å². The lowest BCUT2D eigenvalue weighted by molar-refractivity contribution is 0.0945. The molecule has 0 saturated carbocycles. The summed E-state index contributed by atoms with van der Waals surface area (Å²) in [6.07, 6.45) is 3.09. The van der Waals surface area contributed by atoms with Gasteiger partial charge in [0, 0.05) is 18.0 Å². The molecule has 1 amide bonds. The maximum Gasteiger partial charge on any atom is 0.273 e. The topological polar surface area (TPSA) is 67.2 Å². The van der Waals surface area contributed by atoms with Crippen molar-refractivity contribution < 1.29 is 18.0 Å². The van der Waals surface area contributed by atoms with Crippen LogP contribution in [0.15, 0.2) is 28.9 Å². The molecule has 122 valence electrons. The molecule has 0 spiro atoms. The molecule has 1 aromatic carbocycles. The van der Waals surface area contributed by atoms with Gasteiger partial charge in [0.2, 0.25) is 0 Å². The summed E-state index contributed by atoms with van der Waals surface area (Å²) in [6.45, 7) is 1.54. The molecule has 3 rings (SSSR count). The molecule has 1 saturated heterocycles. The Morgan fingerprint density at radius 1 is 1.30 bits per heavy atom. The highest BCUT2D eigenvalue weighted by molar-refractivity contribution is 5.91. The second-order valence-corrected chi connectivity index (χ2v) is 5.48. The quantitative estimate of drug-likeness (QED) is 0.907. The van der Waals surface area contributed by atoms with Gasteiger partial charge in [-0.1, -0.05) is 6.07 Å². The van der Waals surface area contributed by atoms with Crippen LogP contribution in [0.2, 0.25) is 0 Å². The van der Waals surface area contributed by atoms with Crippen molar-refractivity contribution in [2.24, 2.45) is 0 Å². The highest BCUT2D eigenvalue weighted by Gasteiger charge is 2.22. The number of carbonyl (C=O) groups excluding carboxylic acids is 1. The van der Waals surface area contributed by atoms with E-state index in [9.17, 15) is 13.6 Å². The lowest BCUT2D eigenvalue weighted by Crippen LogP contribution is -2.27. The van der Waals surface area contributed by atoms with Crippen molar-refractivity contribution in [3.63, 3.8) is 0 Å². The van der Waals surface area contributed by atoms with E-state index in [1.54, 1.807) is 0 Å². The summed E-state index contributed by atoms with van der Waals surface area (Å²) < 4.78 is 32.4. The number of piperidine rings is 1. The molecule has 0 aliphatic carbocycles. The predicted molar refractivity (Wildman–Crippen MR) is 78.9 cm³/mol. The van der Waals surface area contributed by atoms with Gasteiger partial charge < -0.3 is 15.1 Å². The molecule has 1 aromatic heterocycles. The third-order valence-electron chi connectivity index (χ3n) is 3.93. The summed E-state index contributed by atoms with van der Waals surface area (Å²) in [6, 6.07) is 3.57. The van der Waals surface area contributed by atoms with Crippen molar-refractivity contribution in [3.05, 3.63) is 53.2 Å². The first kappa shape index (κ1) is 15.6. The van der Waals surface area contributed by atoms with E-state index < -0.39 is 17.5 Å². The maximum absolute atomic E-state index is 13.5. The van der Waals surface area contributed by atoms with Gasteiger partial charge >= 0.3 is 0 Å². The molecule has 0 atom stereocenters. The summed E-state index contributed by atoms with van der Waals surface area (Å²) >= 11 is 0. The first-order chi connectivity index (χ1) is 11.1. The number of aromatic nitrogens is 1. The highest BCUT2D eigenvalue weighted by atomic mass is 19.1. The van der Waals surface area contributed by atoms with Crippen molar-refractivity contribution in [1.82, 2.24) is 15.6 Å². The van der Waals surface area contributed by atoms with Crippen LogP contribution in [0.1, 0.15) is 40.7 Å². The zero-order valence-electron chi connectivity index (χ0n) is 12.4. The van der Waals surface area contributed by atoms with Gasteiger partial charge in [0.25, 0.3) is 5.91 Å². The summed E-state index contributed by atoms with van der Waals surface area (Å²) in [7, 11) is 0. The third-order valence-corrected chi connectivity index (χ3v) is 3.93. The van der Waals surface area contributed by atoms with Crippen LogP contribution >= 0.6 is 0 Å². The fourth-order valence-corrected chi connectivity index (χ4v) is 2.61. The smallest absolute Gasteiger partial charge is 0.273 e. The number of nitrogens with one attached hydrogen (secondary N) is 2. The van der Waals surface area contributed by atoms with Gasteiger partial charge in [-0.15, -0.1) is 0 Å². The summed E-state index contributed by atoms with van der Waals surface area (Å²) in [5.41, 5.74) is -0.0572. The molecule has 7 heteroatoms. The van der Waals surface area contributed by atoms with Gasteiger partial charge in [0.05, 0.1) is 0 Å². The van der Waals surface area contributed by atoms with Crippen molar-refractivity contribution in [1.29, 1.82) is 0 Å². The van der Waals surface area contributed by atoms with Crippen LogP contribution in [0.3, 0.4) is 0 Å². The van der Waals surface area contributed by atoms with Crippen LogP contribution < -0.4 is 10.6 Å². The molecular formula is C16H17F2N3O2. The Labute approximate surface area is 132 Å². The van der Waals surface area contributed by atoms with E-state index in [4.69, 9.17) is 4.42 Å². The van der Waals surface area contributed by atoms with E-state index in [0.29, 0.717) is 5.89 Å². The van der Waals surface area contributed by atoms with Crippen molar-refractivity contribution in [3.8, 4) is 0 Å². The molecular weight excluding hydrogens is 304 g/mol. The van der Waals surface area contributed by atoms with E-state index in [1.807, 2.05) is 0 Å². The molecule has 2 aromatic rings. The Kier molecular flexibility index (Phi) is 4.66. The number of nitrogens with zero attached hydrogens (tertiary/aromatic N) is 1. The van der Waals surface area contributed by atoms with Crippen LogP contribution in [-0.2, 0) is 6.54 Å². The standard InChI is InChI=1S/C16H17F2N3O2/c17-12-2-1-3-13(18)11(12)8-20-15(22)14-9-23-16(21-14)10-4-6-19-7-5-10/h1-3,9-10,19H,4-8H2,(H,20,22). The minimum absolute atomic E-state index is 0.121. The third kappa shape index (κ3) is 3.56. The second-order valence-electron chi connectivity index (χ2n) is 5.48. The lowest BCUT2D eigenvalue weighted by Gasteiger charge is -2.19. The first-order valence-electron chi connectivity index (χ1n) is 7.52. The summed E-state index contributed by atoms with van der Waals surface area (Å²) in [5, 5.41) is 5.70. The molecule has 1 fully saturated rings. The van der Waals surface area contributed by atoms with Crippen LogP contribution in [0, 0.1) is 11.6 Å². The highest BCUT2D eigenvalue weighted by Crippen LogP contribution is 2.24. The van der Waals surface area contributed by atoms with Crippen molar-refractivity contribution in [2.75, 3.05) is 13.1 Å². The molecule has 1 aliphatic rings. The number of hydrogen-bond donors (Lipinski definition) is 2. The molecule has 23 heavy (non-hydrogen) atoms. The molecule has 2 N–H and O–H groups in total. The second kappa shape index (κ2) is 6.87. The minimum atomic E-state index is -0.694. The number of oxazole rings is 1. The molecule has 0 unspecified atom stereocenters. The number of halogens is 2. The molecule has 2 heterocycles. The average molecular weight is 321 g/mol. The first-order valence-corrected chi connectivity index (χ1v) is 7.52. The van der Waals surface area contributed by atoms with Crippen LogP contribution in [0.4, 0.5) is 8.78 Å². The number of amides is 1. The number of rotatable bonds is 4. The normalized spacial score (nSPS) is 15.6. The Balaban J connectivity index is 1.63. The van der Waals surface area contributed by atoms with Gasteiger partial charge in [-0.25, -0.2) is 13.8 Å². The van der Waals surface area contributed by atoms with E-state index in [-0.39, 0.29) is 23.7 Å². The zero-order valence-corrected chi connectivity index (χ0v) is 12.4. The number of hydrogen-bond acceptors (Lipinski definition) is 4. The number of carbonyl (C=O) groups is 1. The van der Waals surface area contributed by atoms with Crippen LogP contribution in [0.5, 0.6) is 0 Å². The Morgan fingerprint density at radius 3 is 2.70 bits per heavy atom. The Bertz CT molecular complexity index is 676. The molecule has 0 radical (unpaired) electrons. The molecule has 0 bridgehead atoms. The van der Waals surface area contributed by atoms with Gasteiger partial charge in [0.15, 0.2) is 11.6 Å². The van der Waals surface area contributed by atoms with Crippen LogP contribution in [-0.4, -0.2) is 24.0 Å².